The number of carbonyl (C=O) groups excluding carboxylic acids is 3. The molecule has 5 heteroatoms. The summed E-state index contributed by atoms with van der Waals surface area (Å²) in [6.07, 6.45) is 5.96. The average molecular weight is 386 g/mol. The highest BCUT2D eigenvalue weighted by Gasteiger charge is 2.47. The maximum atomic E-state index is 12.2. The molecule has 1 heterocycles. The van der Waals surface area contributed by atoms with Crippen molar-refractivity contribution >= 4 is 17.7 Å². The molecule has 1 aliphatic heterocycles. The van der Waals surface area contributed by atoms with Crippen molar-refractivity contribution in [3.05, 3.63) is 35.4 Å². The zero-order valence-electron chi connectivity index (χ0n) is 17.1. The van der Waals surface area contributed by atoms with Gasteiger partial charge in [0.1, 0.15) is 17.8 Å². The van der Waals surface area contributed by atoms with Crippen molar-refractivity contribution in [1.29, 1.82) is 0 Å². The first-order valence-electron chi connectivity index (χ1n) is 10.2. The van der Waals surface area contributed by atoms with E-state index in [0.717, 1.165) is 43.2 Å². The Bertz CT molecular complexity index is 725. The third kappa shape index (κ3) is 4.13. The highest BCUT2D eigenvalue weighted by atomic mass is 16.6. The van der Waals surface area contributed by atoms with E-state index in [1.807, 2.05) is 38.1 Å². The lowest BCUT2D eigenvalue weighted by molar-refractivity contribution is -0.178. The zero-order valence-corrected chi connectivity index (χ0v) is 17.1. The number of methoxy groups -OCH3 is 1. The van der Waals surface area contributed by atoms with E-state index >= 15 is 0 Å². The molecule has 1 unspecified atom stereocenters. The number of aryl methyl sites for hydroxylation is 1. The van der Waals surface area contributed by atoms with Crippen molar-refractivity contribution in [2.24, 2.45) is 5.92 Å². The molecule has 1 atom stereocenters. The van der Waals surface area contributed by atoms with Crippen LogP contribution in [0.3, 0.4) is 0 Å². The summed E-state index contributed by atoms with van der Waals surface area (Å²) in [6, 6.07) is 7.92. The van der Waals surface area contributed by atoms with Crippen LogP contribution in [-0.2, 0) is 35.7 Å². The lowest BCUT2D eigenvalue weighted by atomic mass is 9.76. The summed E-state index contributed by atoms with van der Waals surface area (Å²) in [6.45, 7) is 3.69. The number of rotatable bonds is 6. The number of esters is 2. The van der Waals surface area contributed by atoms with Gasteiger partial charge in [0.05, 0.1) is 12.5 Å². The minimum Gasteiger partial charge on any atom is -0.468 e. The number of cyclic esters (lactones) is 1. The summed E-state index contributed by atoms with van der Waals surface area (Å²) < 4.78 is 10.8. The fraction of sp³-hybridized carbons (Fsp3) is 0.609. The van der Waals surface area contributed by atoms with Crippen LogP contribution in [0.2, 0.25) is 0 Å². The van der Waals surface area contributed by atoms with E-state index in [1.54, 1.807) is 0 Å². The highest BCUT2D eigenvalue weighted by molar-refractivity contribution is 5.98. The van der Waals surface area contributed by atoms with E-state index < -0.39 is 11.0 Å². The second kappa shape index (κ2) is 8.06. The maximum absolute atomic E-state index is 12.2. The number of ketones is 1. The molecular formula is C23H30O5. The molecule has 0 aromatic heterocycles. The molecule has 1 aliphatic carbocycles. The molecule has 1 aromatic carbocycles. The van der Waals surface area contributed by atoms with Crippen LogP contribution in [0.5, 0.6) is 0 Å². The fourth-order valence-corrected chi connectivity index (χ4v) is 4.70. The lowest BCUT2D eigenvalue weighted by Crippen LogP contribution is -2.48. The summed E-state index contributed by atoms with van der Waals surface area (Å²) in [4.78, 5) is 36.2. The second-order valence-corrected chi connectivity index (χ2v) is 8.73. The van der Waals surface area contributed by atoms with Crippen LogP contribution in [0.4, 0.5) is 0 Å². The van der Waals surface area contributed by atoms with Crippen molar-refractivity contribution in [3.63, 3.8) is 0 Å². The second-order valence-electron chi connectivity index (χ2n) is 8.73. The van der Waals surface area contributed by atoms with Gasteiger partial charge in [0, 0.05) is 6.42 Å². The van der Waals surface area contributed by atoms with Crippen LogP contribution in [-0.4, -0.2) is 30.4 Å². The first kappa shape index (κ1) is 20.6. The van der Waals surface area contributed by atoms with E-state index in [9.17, 15) is 14.4 Å². The Morgan fingerprint density at radius 2 is 1.82 bits per heavy atom. The number of Topliss-reactive ketones (excluding diaryl/α,β-unsaturated/α-hetero) is 1. The predicted octanol–water partition coefficient (Wildman–Crippen LogP) is 3.90. The van der Waals surface area contributed by atoms with Crippen molar-refractivity contribution in [2.75, 3.05) is 7.11 Å². The van der Waals surface area contributed by atoms with Crippen molar-refractivity contribution in [3.8, 4) is 0 Å². The monoisotopic (exact) mass is 386 g/mol. The van der Waals surface area contributed by atoms with E-state index in [1.165, 1.54) is 7.11 Å². The maximum Gasteiger partial charge on any atom is 0.315 e. The summed E-state index contributed by atoms with van der Waals surface area (Å²) in [5.74, 6) is -0.372. The van der Waals surface area contributed by atoms with Crippen molar-refractivity contribution < 1.29 is 23.9 Å². The molecule has 0 amide bonds. The van der Waals surface area contributed by atoms with E-state index in [-0.39, 0.29) is 30.1 Å². The van der Waals surface area contributed by atoms with Gasteiger partial charge >= 0.3 is 11.9 Å². The zero-order chi connectivity index (χ0) is 20.4. The summed E-state index contributed by atoms with van der Waals surface area (Å²) >= 11 is 0. The number of hydrogen-bond donors (Lipinski definition) is 0. The van der Waals surface area contributed by atoms with Crippen LogP contribution < -0.4 is 0 Å². The van der Waals surface area contributed by atoms with Gasteiger partial charge in [-0.25, -0.2) is 0 Å². The van der Waals surface area contributed by atoms with Gasteiger partial charge in [-0.15, -0.1) is 0 Å². The molecule has 1 saturated carbocycles. The summed E-state index contributed by atoms with van der Waals surface area (Å²) in [5, 5.41) is 0. The Labute approximate surface area is 166 Å². The molecule has 0 radical (unpaired) electrons. The quantitative estimate of drug-likeness (QED) is 0.548. The Kier molecular flexibility index (Phi) is 5.92. The standard InChI is InChI=1S/C23H30O5/c1-22(2,21(26)27-3)17-10-8-16(9-11-17)12-13-23(18-6-4-5-7-18)15-19(24)14-20(25)28-23/h8-11,18H,4-7,12-15H2,1-3H3. The molecular weight excluding hydrogens is 356 g/mol. The SMILES string of the molecule is COC(=O)C(C)(C)c1ccc(CCC2(C3CCCC3)CC(=O)CC(=O)O2)cc1. The van der Waals surface area contributed by atoms with Crippen LogP contribution in [0.15, 0.2) is 24.3 Å². The van der Waals surface area contributed by atoms with E-state index in [2.05, 4.69) is 0 Å². The van der Waals surface area contributed by atoms with Gasteiger partial charge in [-0.05, 0) is 56.6 Å². The molecule has 1 saturated heterocycles. The van der Waals surface area contributed by atoms with E-state index in [4.69, 9.17) is 9.47 Å². The predicted molar refractivity (Wildman–Crippen MR) is 105 cm³/mol. The molecule has 0 bridgehead atoms. The third-order valence-electron chi connectivity index (χ3n) is 6.46. The van der Waals surface area contributed by atoms with Gasteiger partial charge in [-0.2, -0.15) is 0 Å². The van der Waals surface area contributed by atoms with Gasteiger partial charge < -0.3 is 9.47 Å². The van der Waals surface area contributed by atoms with Crippen molar-refractivity contribution in [2.45, 2.75) is 76.2 Å². The van der Waals surface area contributed by atoms with Gasteiger partial charge in [0.15, 0.2) is 0 Å². The molecule has 152 valence electrons. The van der Waals surface area contributed by atoms with Crippen LogP contribution in [0.1, 0.15) is 69.9 Å². The number of hydrogen-bond acceptors (Lipinski definition) is 5. The molecule has 2 aliphatic rings. The van der Waals surface area contributed by atoms with Crippen LogP contribution in [0, 0.1) is 5.92 Å². The molecule has 2 fully saturated rings. The Morgan fingerprint density at radius 3 is 2.39 bits per heavy atom. The molecule has 5 nitrogen and oxygen atoms in total. The third-order valence-corrected chi connectivity index (χ3v) is 6.46. The van der Waals surface area contributed by atoms with Crippen LogP contribution >= 0.6 is 0 Å². The Balaban J connectivity index is 1.74. The largest absolute Gasteiger partial charge is 0.468 e. The Hall–Kier alpha value is -2.17. The fourth-order valence-electron chi connectivity index (χ4n) is 4.70. The highest BCUT2D eigenvalue weighted by Crippen LogP contribution is 2.44. The first-order valence-corrected chi connectivity index (χ1v) is 10.2. The topological polar surface area (TPSA) is 69.7 Å². The number of ether oxygens (including phenoxy) is 2. The van der Waals surface area contributed by atoms with Gasteiger partial charge in [0.25, 0.3) is 0 Å². The lowest BCUT2D eigenvalue weighted by Gasteiger charge is -2.41. The molecule has 0 N–H and O–H groups in total. The number of benzene rings is 1. The summed E-state index contributed by atoms with van der Waals surface area (Å²) in [7, 11) is 1.40. The Morgan fingerprint density at radius 1 is 1.18 bits per heavy atom. The summed E-state index contributed by atoms with van der Waals surface area (Å²) in [5.41, 5.74) is 0.653. The molecule has 1 aromatic rings. The molecule has 3 rings (SSSR count). The first-order chi connectivity index (χ1) is 13.3. The van der Waals surface area contributed by atoms with Gasteiger partial charge in [-0.1, -0.05) is 37.1 Å². The van der Waals surface area contributed by atoms with Crippen LogP contribution in [0.25, 0.3) is 0 Å². The minimum atomic E-state index is -0.705. The smallest absolute Gasteiger partial charge is 0.315 e. The molecule has 28 heavy (non-hydrogen) atoms. The minimum absolute atomic E-state index is 0.00155. The average Bonchev–Trinajstić information content (AvgIpc) is 3.21. The van der Waals surface area contributed by atoms with E-state index in [0.29, 0.717) is 12.8 Å². The molecule has 0 spiro atoms. The van der Waals surface area contributed by atoms with Crippen molar-refractivity contribution in [1.82, 2.24) is 0 Å². The van der Waals surface area contributed by atoms with Gasteiger partial charge in [-0.3, -0.25) is 14.4 Å². The van der Waals surface area contributed by atoms with Gasteiger partial charge in [0.2, 0.25) is 0 Å². The normalized spacial score (nSPS) is 23.5. The number of carbonyl (C=O) groups is 3.